The highest BCUT2D eigenvalue weighted by atomic mass is 79.9. The van der Waals surface area contributed by atoms with Crippen LogP contribution in [0.3, 0.4) is 0 Å². The summed E-state index contributed by atoms with van der Waals surface area (Å²) in [6.45, 7) is 1.27. The molecular formula is C10H8Br2O2. The highest BCUT2D eigenvalue weighted by Crippen LogP contribution is 2.25. The number of benzene rings is 1. The molecule has 0 spiro atoms. The van der Waals surface area contributed by atoms with E-state index in [0.29, 0.717) is 0 Å². The number of hydrogen-bond donors (Lipinski definition) is 0. The first-order valence-corrected chi connectivity index (χ1v) is 5.67. The molecule has 1 aromatic rings. The van der Waals surface area contributed by atoms with Gasteiger partial charge in [-0.15, -0.1) is 0 Å². The maximum atomic E-state index is 11.3. The van der Waals surface area contributed by atoms with E-state index in [4.69, 9.17) is 0 Å². The number of carbonyl (C=O) groups is 2. The van der Waals surface area contributed by atoms with E-state index in [-0.39, 0.29) is 0 Å². The van der Waals surface area contributed by atoms with Gasteiger partial charge in [0.1, 0.15) is 4.83 Å². The summed E-state index contributed by atoms with van der Waals surface area (Å²) >= 11 is 6.48. The molecule has 0 N–H and O–H groups in total. The highest BCUT2D eigenvalue weighted by Gasteiger charge is 2.20. The van der Waals surface area contributed by atoms with Crippen LogP contribution >= 0.6 is 31.9 Å². The Labute approximate surface area is 98.9 Å². The van der Waals surface area contributed by atoms with Crippen LogP contribution in [0.4, 0.5) is 0 Å². The van der Waals surface area contributed by atoms with Crippen LogP contribution in [0.15, 0.2) is 28.7 Å². The van der Waals surface area contributed by atoms with Gasteiger partial charge in [0.05, 0.1) is 0 Å². The largest absolute Gasteiger partial charge is 0.291 e. The normalized spacial score (nSPS) is 12.2. The van der Waals surface area contributed by atoms with Gasteiger partial charge < -0.3 is 0 Å². The Morgan fingerprint density at radius 2 is 1.71 bits per heavy atom. The molecule has 1 unspecified atom stereocenters. The molecule has 0 aliphatic heterocycles. The summed E-state index contributed by atoms with van der Waals surface area (Å²) in [4.78, 5) is 21.6. The van der Waals surface area contributed by atoms with Crippen LogP contribution < -0.4 is 0 Å². The van der Waals surface area contributed by atoms with Gasteiger partial charge in [-0.25, -0.2) is 0 Å². The zero-order valence-electron chi connectivity index (χ0n) is 7.46. The summed E-state index contributed by atoms with van der Waals surface area (Å²) in [7, 11) is 0. The minimum Gasteiger partial charge on any atom is -0.291 e. The van der Waals surface area contributed by atoms with E-state index in [1.807, 2.05) is 12.1 Å². The minimum atomic E-state index is -0.534. The molecule has 0 fully saturated rings. The number of hydrogen-bond acceptors (Lipinski definition) is 2. The van der Waals surface area contributed by atoms with E-state index in [0.717, 1.165) is 10.0 Å². The zero-order chi connectivity index (χ0) is 10.7. The molecule has 0 amide bonds. The molecule has 1 atom stereocenters. The third-order valence-corrected chi connectivity index (χ3v) is 3.21. The summed E-state index contributed by atoms with van der Waals surface area (Å²) in [5.41, 5.74) is 0.786. The average Bonchev–Trinajstić information content (AvgIpc) is 2.16. The quantitative estimate of drug-likeness (QED) is 0.634. The van der Waals surface area contributed by atoms with Gasteiger partial charge in [0.15, 0.2) is 5.78 Å². The molecule has 1 rings (SSSR count). The van der Waals surface area contributed by atoms with Crippen molar-refractivity contribution >= 4 is 43.4 Å². The van der Waals surface area contributed by atoms with E-state index in [2.05, 4.69) is 31.9 Å². The molecule has 0 radical (unpaired) electrons. The Morgan fingerprint density at radius 3 is 2.14 bits per heavy atom. The summed E-state index contributed by atoms with van der Waals surface area (Å²) in [5.74, 6) is -0.859. The van der Waals surface area contributed by atoms with Gasteiger partial charge in [-0.1, -0.05) is 44.0 Å². The number of Topliss-reactive ketones (excluding diaryl/α,β-unsaturated/α-hetero) is 2. The van der Waals surface area contributed by atoms with Gasteiger partial charge in [0.2, 0.25) is 5.78 Å². The van der Waals surface area contributed by atoms with E-state index in [9.17, 15) is 9.59 Å². The number of halogens is 2. The molecule has 14 heavy (non-hydrogen) atoms. The summed E-state index contributed by atoms with van der Waals surface area (Å²) in [6.07, 6.45) is 0. The first kappa shape index (κ1) is 11.6. The lowest BCUT2D eigenvalue weighted by Crippen LogP contribution is -2.15. The highest BCUT2D eigenvalue weighted by molar-refractivity contribution is 9.10. The number of alkyl halides is 1. The molecule has 1 aromatic carbocycles. The third kappa shape index (κ3) is 2.75. The first-order chi connectivity index (χ1) is 6.52. The molecule has 0 saturated carbocycles. The van der Waals surface area contributed by atoms with E-state index < -0.39 is 16.4 Å². The topological polar surface area (TPSA) is 34.1 Å². The zero-order valence-corrected chi connectivity index (χ0v) is 10.6. The summed E-state index contributed by atoms with van der Waals surface area (Å²) in [5, 5.41) is 0. The van der Waals surface area contributed by atoms with E-state index >= 15 is 0 Å². The van der Waals surface area contributed by atoms with Gasteiger partial charge in [-0.3, -0.25) is 9.59 Å². The predicted octanol–water partition coefficient (Wildman–Crippen LogP) is 3.04. The molecule has 0 aromatic heterocycles. The van der Waals surface area contributed by atoms with Gasteiger partial charge in [-0.2, -0.15) is 0 Å². The average molecular weight is 320 g/mol. The molecule has 0 aliphatic carbocycles. The lowest BCUT2D eigenvalue weighted by atomic mass is 10.1. The Balaban J connectivity index is 2.89. The van der Waals surface area contributed by atoms with Crippen molar-refractivity contribution in [1.82, 2.24) is 0 Å². The minimum absolute atomic E-state index is 0.424. The predicted molar refractivity (Wildman–Crippen MR) is 61.5 cm³/mol. The van der Waals surface area contributed by atoms with Crippen molar-refractivity contribution in [3.05, 3.63) is 34.3 Å². The van der Waals surface area contributed by atoms with Crippen molar-refractivity contribution in [3.63, 3.8) is 0 Å². The summed E-state index contributed by atoms with van der Waals surface area (Å²) in [6, 6.07) is 7.25. The molecule has 0 bridgehead atoms. The first-order valence-electron chi connectivity index (χ1n) is 3.96. The van der Waals surface area contributed by atoms with Crippen LogP contribution in [0.2, 0.25) is 0 Å². The van der Waals surface area contributed by atoms with Crippen LogP contribution in [0.1, 0.15) is 17.3 Å². The Morgan fingerprint density at radius 1 is 1.21 bits per heavy atom. The van der Waals surface area contributed by atoms with Crippen molar-refractivity contribution in [3.8, 4) is 0 Å². The number of rotatable bonds is 3. The van der Waals surface area contributed by atoms with Crippen molar-refractivity contribution in [2.75, 3.05) is 0 Å². The Kier molecular flexibility index (Phi) is 4.01. The SMILES string of the molecule is CC(=O)C(=O)C(Br)c1ccc(Br)cc1. The van der Waals surface area contributed by atoms with Crippen LogP contribution in [0, 0.1) is 0 Å². The number of carbonyl (C=O) groups excluding carboxylic acids is 2. The van der Waals surface area contributed by atoms with Gasteiger partial charge >= 0.3 is 0 Å². The lowest BCUT2D eigenvalue weighted by molar-refractivity contribution is -0.135. The van der Waals surface area contributed by atoms with Crippen LogP contribution in [0.25, 0.3) is 0 Å². The third-order valence-electron chi connectivity index (χ3n) is 1.74. The standard InChI is InChI=1S/C10H8Br2O2/c1-6(13)10(14)9(12)7-2-4-8(11)5-3-7/h2-5,9H,1H3. The lowest BCUT2D eigenvalue weighted by Gasteiger charge is -2.06. The fraction of sp³-hybridized carbons (Fsp3) is 0.200. The smallest absolute Gasteiger partial charge is 0.216 e. The number of ketones is 2. The summed E-state index contributed by atoms with van der Waals surface area (Å²) < 4.78 is 0.941. The monoisotopic (exact) mass is 318 g/mol. The second-order valence-corrected chi connectivity index (χ2v) is 4.67. The Bertz CT molecular complexity index is 357. The van der Waals surface area contributed by atoms with Gasteiger partial charge in [0, 0.05) is 11.4 Å². The van der Waals surface area contributed by atoms with Crippen LogP contribution in [-0.4, -0.2) is 11.6 Å². The van der Waals surface area contributed by atoms with E-state index in [1.54, 1.807) is 12.1 Å². The molecule has 0 heterocycles. The molecule has 2 nitrogen and oxygen atoms in total. The van der Waals surface area contributed by atoms with Crippen molar-refractivity contribution in [1.29, 1.82) is 0 Å². The molecule has 74 valence electrons. The van der Waals surface area contributed by atoms with Crippen molar-refractivity contribution in [2.24, 2.45) is 0 Å². The van der Waals surface area contributed by atoms with Gasteiger partial charge in [0.25, 0.3) is 0 Å². The van der Waals surface area contributed by atoms with Crippen molar-refractivity contribution in [2.45, 2.75) is 11.8 Å². The molecule has 0 saturated heterocycles. The van der Waals surface area contributed by atoms with Crippen LogP contribution in [0.5, 0.6) is 0 Å². The second kappa shape index (κ2) is 4.84. The van der Waals surface area contributed by atoms with Gasteiger partial charge in [-0.05, 0) is 17.7 Å². The fourth-order valence-electron chi connectivity index (χ4n) is 0.962. The second-order valence-electron chi connectivity index (χ2n) is 2.83. The molecule has 4 heteroatoms. The maximum absolute atomic E-state index is 11.3. The molecule has 0 aliphatic rings. The Hall–Kier alpha value is -0.480. The van der Waals surface area contributed by atoms with Crippen molar-refractivity contribution < 1.29 is 9.59 Å². The van der Waals surface area contributed by atoms with Crippen LogP contribution in [-0.2, 0) is 9.59 Å². The fourth-order valence-corrected chi connectivity index (χ4v) is 1.85. The molecular weight excluding hydrogens is 312 g/mol. The van der Waals surface area contributed by atoms with E-state index in [1.165, 1.54) is 6.92 Å². The maximum Gasteiger partial charge on any atom is 0.216 e.